The normalized spacial score (nSPS) is 10.9. The summed E-state index contributed by atoms with van der Waals surface area (Å²) in [4.78, 5) is 19.7. The maximum atomic E-state index is 12.2. The Labute approximate surface area is 129 Å². The van der Waals surface area contributed by atoms with Crippen molar-refractivity contribution in [3.8, 4) is 5.75 Å². The molecular weight excluding hydrogens is 284 g/mol. The lowest BCUT2D eigenvalue weighted by Gasteiger charge is -2.15. The van der Waals surface area contributed by atoms with Crippen LogP contribution >= 0.6 is 11.3 Å². The molecular formula is C16H20N2O2S. The van der Waals surface area contributed by atoms with E-state index < -0.39 is 0 Å². The monoisotopic (exact) mass is 304 g/mol. The van der Waals surface area contributed by atoms with E-state index in [9.17, 15) is 4.79 Å². The first-order chi connectivity index (χ1) is 10.1. The summed E-state index contributed by atoms with van der Waals surface area (Å²) in [6.07, 6.45) is 0. The van der Waals surface area contributed by atoms with Gasteiger partial charge in [0.2, 0.25) is 0 Å². The maximum Gasteiger partial charge on any atom is 0.176 e. The Morgan fingerprint density at radius 2 is 2.05 bits per heavy atom. The number of carbonyl (C=O) groups is 1. The van der Waals surface area contributed by atoms with Gasteiger partial charge in [-0.25, -0.2) is 4.98 Å². The van der Waals surface area contributed by atoms with Crippen LogP contribution in [-0.4, -0.2) is 35.9 Å². The van der Waals surface area contributed by atoms with Gasteiger partial charge in [0.1, 0.15) is 5.75 Å². The number of aryl methyl sites for hydroxylation is 1. The largest absolute Gasteiger partial charge is 0.494 e. The van der Waals surface area contributed by atoms with Gasteiger partial charge in [-0.15, -0.1) is 11.3 Å². The van der Waals surface area contributed by atoms with E-state index in [0.717, 1.165) is 18.0 Å². The molecule has 1 aromatic carbocycles. The molecule has 0 saturated heterocycles. The van der Waals surface area contributed by atoms with Gasteiger partial charge < -0.3 is 4.74 Å². The number of carbonyl (C=O) groups excluding carboxylic acids is 1. The lowest BCUT2D eigenvalue weighted by Crippen LogP contribution is -2.25. The third-order valence-corrected chi connectivity index (χ3v) is 4.08. The number of ketones is 1. The minimum absolute atomic E-state index is 0.114. The van der Waals surface area contributed by atoms with Crippen molar-refractivity contribution in [1.29, 1.82) is 0 Å². The third-order valence-electron chi connectivity index (χ3n) is 3.16. The van der Waals surface area contributed by atoms with Crippen molar-refractivity contribution >= 4 is 17.1 Å². The van der Waals surface area contributed by atoms with E-state index in [4.69, 9.17) is 4.74 Å². The fraction of sp³-hybridized carbons (Fsp3) is 0.375. The van der Waals surface area contributed by atoms with E-state index in [0.29, 0.717) is 18.7 Å². The molecule has 0 saturated carbocycles. The summed E-state index contributed by atoms with van der Waals surface area (Å²) in [5, 5.41) is 0. The molecule has 21 heavy (non-hydrogen) atoms. The molecule has 0 bridgehead atoms. The molecule has 0 amide bonds. The number of likely N-dealkylation sites (N-methyl/N-ethyl adjacent to an activating group) is 1. The molecule has 0 radical (unpaired) electrons. The van der Waals surface area contributed by atoms with E-state index >= 15 is 0 Å². The standard InChI is InChI=1S/C16H20N2O2S/c1-4-20-14-7-5-13(6-8-14)15(19)9-18(3)10-16-12(2)17-11-21-16/h5-8,11H,4,9-10H2,1-3H3. The minimum atomic E-state index is 0.114. The molecule has 2 aromatic rings. The van der Waals surface area contributed by atoms with Gasteiger partial charge in [-0.05, 0) is 45.2 Å². The number of nitrogens with zero attached hydrogens (tertiary/aromatic N) is 2. The van der Waals surface area contributed by atoms with E-state index in [2.05, 4.69) is 4.98 Å². The van der Waals surface area contributed by atoms with Gasteiger partial charge in [0.05, 0.1) is 24.4 Å². The predicted molar refractivity (Wildman–Crippen MR) is 85.1 cm³/mol. The Hall–Kier alpha value is -1.72. The van der Waals surface area contributed by atoms with Crippen molar-refractivity contribution in [3.63, 3.8) is 0 Å². The Balaban J connectivity index is 1.92. The molecule has 0 aliphatic rings. The van der Waals surface area contributed by atoms with Gasteiger partial charge in [-0.2, -0.15) is 0 Å². The minimum Gasteiger partial charge on any atom is -0.494 e. The fourth-order valence-electron chi connectivity index (χ4n) is 2.02. The highest BCUT2D eigenvalue weighted by atomic mass is 32.1. The molecule has 0 spiro atoms. The van der Waals surface area contributed by atoms with Gasteiger partial charge >= 0.3 is 0 Å². The zero-order valence-corrected chi connectivity index (χ0v) is 13.4. The van der Waals surface area contributed by atoms with Crippen molar-refractivity contribution in [3.05, 3.63) is 45.9 Å². The van der Waals surface area contributed by atoms with E-state index in [1.54, 1.807) is 11.3 Å². The SMILES string of the molecule is CCOc1ccc(C(=O)CN(C)Cc2scnc2C)cc1. The first kappa shape index (κ1) is 15.7. The molecule has 0 unspecified atom stereocenters. The molecule has 4 nitrogen and oxygen atoms in total. The number of rotatable bonds is 7. The van der Waals surface area contributed by atoms with Gasteiger partial charge in [-0.3, -0.25) is 9.69 Å². The van der Waals surface area contributed by atoms with Gasteiger partial charge in [0.25, 0.3) is 0 Å². The zero-order valence-electron chi connectivity index (χ0n) is 12.6. The lowest BCUT2D eigenvalue weighted by atomic mass is 10.1. The van der Waals surface area contributed by atoms with Gasteiger partial charge in [-0.1, -0.05) is 0 Å². The second kappa shape index (κ2) is 7.33. The summed E-state index contributed by atoms with van der Waals surface area (Å²) in [6.45, 7) is 5.71. The number of ether oxygens (including phenoxy) is 1. The number of aromatic nitrogens is 1. The summed E-state index contributed by atoms with van der Waals surface area (Å²) in [5.41, 5.74) is 3.60. The van der Waals surface area contributed by atoms with Crippen LogP contribution in [0.4, 0.5) is 0 Å². The molecule has 0 atom stereocenters. The van der Waals surface area contributed by atoms with E-state index in [-0.39, 0.29) is 5.78 Å². The van der Waals surface area contributed by atoms with Gasteiger partial charge in [0.15, 0.2) is 5.78 Å². The molecule has 1 aromatic heterocycles. The Bertz CT molecular complexity index is 593. The molecule has 0 N–H and O–H groups in total. The highest BCUT2D eigenvalue weighted by Crippen LogP contribution is 2.15. The molecule has 1 heterocycles. The number of Topliss-reactive ketones (excluding diaryl/α,β-unsaturated/α-hetero) is 1. The average molecular weight is 304 g/mol. The van der Waals surface area contributed by atoms with Crippen molar-refractivity contribution in [2.75, 3.05) is 20.2 Å². The van der Waals surface area contributed by atoms with Crippen molar-refractivity contribution in [2.45, 2.75) is 20.4 Å². The predicted octanol–water partition coefficient (Wildman–Crippen LogP) is 3.16. The maximum absolute atomic E-state index is 12.2. The van der Waals surface area contributed by atoms with Crippen molar-refractivity contribution in [2.24, 2.45) is 0 Å². The molecule has 112 valence electrons. The van der Waals surface area contributed by atoms with Crippen molar-refractivity contribution in [1.82, 2.24) is 9.88 Å². The van der Waals surface area contributed by atoms with Gasteiger partial charge in [0, 0.05) is 17.0 Å². The van der Waals surface area contributed by atoms with Crippen LogP contribution in [0.1, 0.15) is 27.9 Å². The van der Waals surface area contributed by atoms with Crippen LogP contribution in [0.2, 0.25) is 0 Å². The Morgan fingerprint density at radius 3 is 2.62 bits per heavy atom. The third kappa shape index (κ3) is 4.37. The first-order valence-electron chi connectivity index (χ1n) is 6.93. The second-order valence-corrected chi connectivity index (χ2v) is 5.85. The van der Waals surface area contributed by atoms with Crippen LogP contribution in [0.25, 0.3) is 0 Å². The van der Waals surface area contributed by atoms with Crippen LogP contribution in [0.15, 0.2) is 29.8 Å². The smallest absolute Gasteiger partial charge is 0.176 e. The summed E-state index contributed by atoms with van der Waals surface area (Å²) < 4.78 is 5.38. The van der Waals surface area contributed by atoms with Crippen LogP contribution < -0.4 is 4.74 Å². The highest BCUT2D eigenvalue weighted by Gasteiger charge is 2.11. The van der Waals surface area contributed by atoms with Crippen LogP contribution in [0, 0.1) is 6.92 Å². The van der Waals surface area contributed by atoms with E-state index in [1.807, 2.05) is 55.6 Å². The highest BCUT2D eigenvalue weighted by molar-refractivity contribution is 7.09. The van der Waals surface area contributed by atoms with Crippen LogP contribution in [0.3, 0.4) is 0 Å². The molecule has 0 aliphatic carbocycles. The second-order valence-electron chi connectivity index (χ2n) is 4.91. The Kier molecular flexibility index (Phi) is 5.47. The zero-order chi connectivity index (χ0) is 15.2. The number of benzene rings is 1. The number of hydrogen-bond acceptors (Lipinski definition) is 5. The summed E-state index contributed by atoms with van der Waals surface area (Å²) >= 11 is 1.63. The summed E-state index contributed by atoms with van der Waals surface area (Å²) in [7, 11) is 1.95. The first-order valence-corrected chi connectivity index (χ1v) is 7.81. The molecule has 0 fully saturated rings. The van der Waals surface area contributed by atoms with Crippen molar-refractivity contribution < 1.29 is 9.53 Å². The molecule has 5 heteroatoms. The van der Waals surface area contributed by atoms with Crippen LogP contribution in [0.5, 0.6) is 5.75 Å². The number of thiazole rings is 1. The Morgan fingerprint density at radius 1 is 1.33 bits per heavy atom. The quantitative estimate of drug-likeness (QED) is 0.737. The molecule has 2 rings (SSSR count). The number of hydrogen-bond donors (Lipinski definition) is 0. The van der Waals surface area contributed by atoms with Crippen LogP contribution in [-0.2, 0) is 6.54 Å². The summed E-state index contributed by atoms with van der Waals surface area (Å²) in [5.74, 6) is 0.908. The lowest BCUT2D eigenvalue weighted by molar-refractivity contribution is 0.0943. The van der Waals surface area contributed by atoms with E-state index in [1.165, 1.54) is 4.88 Å². The molecule has 0 aliphatic heterocycles. The average Bonchev–Trinajstić information content (AvgIpc) is 2.85. The fourth-order valence-corrected chi connectivity index (χ4v) is 2.88. The topological polar surface area (TPSA) is 42.4 Å². The summed E-state index contributed by atoms with van der Waals surface area (Å²) in [6, 6.07) is 7.31.